The zero-order valence-corrected chi connectivity index (χ0v) is 6.38. The summed E-state index contributed by atoms with van der Waals surface area (Å²) < 4.78 is 24.5. The third-order valence-corrected chi connectivity index (χ3v) is 1.48. The molecule has 6 heteroatoms. The molecule has 0 aliphatic rings. The first-order valence-corrected chi connectivity index (χ1v) is 3.32. The molecule has 0 fully saturated rings. The van der Waals surface area contributed by atoms with Gasteiger partial charge in [0.15, 0.2) is 6.29 Å². The van der Waals surface area contributed by atoms with Gasteiger partial charge in [0.1, 0.15) is 0 Å². The van der Waals surface area contributed by atoms with E-state index in [1.54, 1.807) is 0 Å². The number of carbonyl (C=O) groups excluding carboxylic acids is 1. The van der Waals surface area contributed by atoms with Crippen molar-refractivity contribution in [2.24, 2.45) is 0 Å². The van der Waals surface area contributed by atoms with E-state index in [0.717, 1.165) is 6.07 Å². The van der Waals surface area contributed by atoms with E-state index < -0.39 is 23.2 Å². The van der Waals surface area contributed by atoms with Crippen molar-refractivity contribution in [1.82, 2.24) is 4.98 Å². The topological polar surface area (TPSA) is 76.0 Å². The number of hydrogen-bond acceptors (Lipinski definition) is 3. The van der Waals surface area contributed by atoms with Crippen molar-refractivity contribution >= 4 is 12.0 Å². The van der Waals surface area contributed by atoms with Crippen LogP contribution < -0.4 is 11.3 Å². The number of hydrogen-bond donors (Lipinski definition) is 2. The predicted molar refractivity (Wildman–Crippen MR) is 41.8 cm³/mol. The SMILES string of the molecule is Nc1cc(=O)[nH]c(C=O)c1C(F)F. The summed E-state index contributed by atoms with van der Waals surface area (Å²) in [7, 11) is 0. The molecule has 0 atom stereocenters. The van der Waals surface area contributed by atoms with E-state index in [0.29, 0.717) is 0 Å². The van der Waals surface area contributed by atoms with Gasteiger partial charge in [0.25, 0.3) is 12.0 Å². The van der Waals surface area contributed by atoms with Gasteiger partial charge in [-0.15, -0.1) is 0 Å². The number of H-pyrrole nitrogens is 1. The fraction of sp³-hybridized carbons (Fsp3) is 0.143. The van der Waals surface area contributed by atoms with Crippen LogP contribution in [0.5, 0.6) is 0 Å². The highest BCUT2D eigenvalue weighted by Crippen LogP contribution is 2.24. The van der Waals surface area contributed by atoms with Gasteiger partial charge in [-0.1, -0.05) is 0 Å². The fourth-order valence-corrected chi connectivity index (χ4v) is 0.947. The van der Waals surface area contributed by atoms with Crippen LogP contribution >= 0.6 is 0 Å². The third-order valence-electron chi connectivity index (χ3n) is 1.48. The summed E-state index contributed by atoms with van der Waals surface area (Å²) >= 11 is 0. The number of aldehydes is 1. The summed E-state index contributed by atoms with van der Waals surface area (Å²) in [4.78, 5) is 22.9. The van der Waals surface area contributed by atoms with Crippen LogP contribution in [-0.2, 0) is 0 Å². The van der Waals surface area contributed by atoms with Crippen LogP contribution in [0, 0.1) is 0 Å². The van der Waals surface area contributed by atoms with Gasteiger partial charge in [0, 0.05) is 11.8 Å². The van der Waals surface area contributed by atoms with Gasteiger partial charge in [0.05, 0.1) is 11.3 Å². The minimum atomic E-state index is -2.88. The molecule has 3 N–H and O–H groups in total. The van der Waals surface area contributed by atoms with E-state index >= 15 is 0 Å². The second-order valence-electron chi connectivity index (χ2n) is 2.33. The highest BCUT2D eigenvalue weighted by Gasteiger charge is 2.17. The second-order valence-corrected chi connectivity index (χ2v) is 2.33. The lowest BCUT2D eigenvalue weighted by molar-refractivity contribution is 0.110. The Bertz CT molecular complexity index is 387. The van der Waals surface area contributed by atoms with Gasteiger partial charge < -0.3 is 10.7 Å². The van der Waals surface area contributed by atoms with Crippen LogP contribution in [0.3, 0.4) is 0 Å². The molecule has 0 unspecified atom stereocenters. The molecule has 1 aromatic rings. The summed E-state index contributed by atoms with van der Waals surface area (Å²) in [6, 6.07) is 0.814. The van der Waals surface area contributed by atoms with Gasteiger partial charge in [-0.05, 0) is 0 Å². The van der Waals surface area contributed by atoms with Crippen LogP contribution in [0.4, 0.5) is 14.5 Å². The number of aromatic amines is 1. The molecule has 0 saturated heterocycles. The van der Waals surface area contributed by atoms with Crippen molar-refractivity contribution in [2.45, 2.75) is 6.43 Å². The predicted octanol–water partition coefficient (Wildman–Crippen LogP) is 0.707. The number of rotatable bonds is 2. The van der Waals surface area contributed by atoms with Crippen molar-refractivity contribution in [2.75, 3.05) is 5.73 Å². The standard InChI is InChI=1S/C7H6F2N2O2/c8-7(9)6-3(10)1-5(13)11-4(6)2-12/h1-2,7H,(H3,10,11,13). The Balaban J connectivity index is 3.47. The van der Waals surface area contributed by atoms with Crippen LogP contribution in [0.2, 0.25) is 0 Å². The fourth-order valence-electron chi connectivity index (χ4n) is 0.947. The van der Waals surface area contributed by atoms with Crippen LogP contribution in [0.15, 0.2) is 10.9 Å². The Morgan fingerprint density at radius 3 is 2.62 bits per heavy atom. The first-order valence-electron chi connectivity index (χ1n) is 3.32. The number of nitrogen functional groups attached to an aromatic ring is 1. The molecule has 1 aromatic heterocycles. The molecule has 0 saturated carbocycles. The van der Waals surface area contributed by atoms with Gasteiger partial charge in [-0.3, -0.25) is 9.59 Å². The number of anilines is 1. The second kappa shape index (κ2) is 3.34. The van der Waals surface area contributed by atoms with E-state index in [-0.39, 0.29) is 12.0 Å². The molecule has 0 spiro atoms. The number of pyridine rings is 1. The number of aromatic nitrogens is 1. The third kappa shape index (κ3) is 1.71. The van der Waals surface area contributed by atoms with Crippen molar-refractivity contribution in [3.05, 3.63) is 27.7 Å². The van der Waals surface area contributed by atoms with Crippen LogP contribution in [-0.4, -0.2) is 11.3 Å². The van der Waals surface area contributed by atoms with E-state index in [4.69, 9.17) is 5.73 Å². The zero-order chi connectivity index (χ0) is 10.0. The highest BCUT2D eigenvalue weighted by atomic mass is 19.3. The lowest BCUT2D eigenvalue weighted by Gasteiger charge is -2.05. The summed E-state index contributed by atoms with van der Waals surface area (Å²) in [5.74, 6) is 0. The number of nitrogens with one attached hydrogen (secondary N) is 1. The lowest BCUT2D eigenvalue weighted by atomic mass is 10.2. The zero-order valence-electron chi connectivity index (χ0n) is 6.38. The summed E-state index contributed by atoms with van der Waals surface area (Å²) in [5.41, 5.74) is 2.99. The summed E-state index contributed by atoms with van der Waals surface area (Å²) in [6.07, 6.45) is -2.74. The molecule has 0 aliphatic carbocycles. The molecule has 0 bridgehead atoms. The molecular formula is C7H6F2N2O2. The monoisotopic (exact) mass is 188 g/mol. The smallest absolute Gasteiger partial charge is 0.267 e. The number of halogens is 2. The Morgan fingerprint density at radius 1 is 1.54 bits per heavy atom. The average molecular weight is 188 g/mol. The first-order chi connectivity index (χ1) is 6.06. The largest absolute Gasteiger partial charge is 0.398 e. The summed E-state index contributed by atoms with van der Waals surface area (Å²) in [5, 5.41) is 0. The minimum absolute atomic E-state index is 0.138. The molecule has 4 nitrogen and oxygen atoms in total. The Morgan fingerprint density at radius 2 is 2.15 bits per heavy atom. The minimum Gasteiger partial charge on any atom is -0.398 e. The van der Waals surface area contributed by atoms with Gasteiger partial charge >= 0.3 is 0 Å². The van der Waals surface area contributed by atoms with E-state index in [1.807, 2.05) is 4.98 Å². The number of carbonyl (C=O) groups is 1. The highest BCUT2D eigenvalue weighted by molar-refractivity contribution is 5.77. The van der Waals surface area contributed by atoms with E-state index in [9.17, 15) is 18.4 Å². The van der Waals surface area contributed by atoms with Gasteiger partial charge in [-0.2, -0.15) is 0 Å². The van der Waals surface area contributed by atoms with E-state index in [1.165, 1.54) is 0 Å². The van der Waals surface area contributed by atoms with Crippen molar-refractivity contribution in [3.63, 3.8) is 0 Å². The Hall–Kier alpha value is -1.72. The molecule has 1 rings (SSSR count). The maximum Gasteiger partial charge on any atom is 0.267 e. The molecule has 0 aliphatic heterocycles. The lowest BCUT2D eigenvalue weighted by Crippen LogP contribution is -2.13. The van der Waals surface area contributed by atoms with Crippen LogP contribution in [0.1, 0.15) is 22.5 Å². The van der Waals surface area contributed by atoms with Gasteiger partial charge in [0.2, 0.25) is 0 Å². The Kier molecular flexibility index (Phi) is 2.41. The maximum atomic E-state index is 12.2. The molecule has 0 radical (unpaired) electrons. The van der Waals surface area contributed by atoms with Crippen molar-refractivity contribution in [3.8, 4) is 0 Å². The molecule has 1 heterocycles. The van der Waals surface area contributed by atoms with E-state index in [2.05, 4.69) is 0 Å². The van der Waals surface area contributed by atoms with Gasteiger partial charge in [-0.25, -0.2) is 8.78 Å². The summed E-state index contributed by atoms with van der Waals surface area (Å²) in [6.45, 7) is 0. The molecule has 13 heavy (non-hydrogen) atoms. The average Bonchev–Trinajstić information content (AvgIpc) is 2.01. The number of alkyl halides is 2. The van der Waals surface area contributed by atoms with Crippen molar-refractivity contribution < 1.29 is 13.6 Å². The number of nitrogens with two attached hydrogens (primary N) is 1. The molecule has 70 valence electrons. The normalized spacial score (nSPS) is 10.4. The molecule has 0 aromatic carbocycles. The van der Waals surface area contributed by atoms with Crippen molar-refractivity contribution in [1.29, 1.82) is 0 Å². The molecular weight excluding hydrogens is 182 g/mol. The quantitative estimate of drug-likeness (QED) is 0.671. The maximum absolute atomic E-state index is 12.2. The molecule has 0 amide bonds. The van der Waals surface area contributed by atoms with Crippen LogP contribution in [0.25, 0.3) is 0 Å². The first kappa shape index (κ1) is 9.37. The Labute approximate surface area is 71.4 Å².